The number of rotatable bonds is 8. The molecule has 0 bridgehead atoms. The number of carbonyl (C=O) groups excluding carboxylic acids is 1. The molecular weight excluding hydrogens is 294 g/mol. The van der Waals surface area contributed by atoms with Crippen molar-refractivity contribution in [1.82, 2.24) is 15.2 Å². The van der Waals surface area contributed by atoms with E-state index in [0.717, 1.165) is 11.9 Å². The van der Waals surface area contributed by atoms with Crippen LogP contribution in [0.2, 0.25) is 0 Å². The average molecular weight is 317 g/mol. The SMILES string of the molecule is CC(C(=O)NCCc1c[nH]c2ccccc12)N(C)CCC(=O)O. The van der Waals surface area contributed by atoms with Gasteiger partial charge in [0.2, 0.25) is 5.91 Å². The van der Waals surface area contributed by atoms with Crippen LogP contribution in [0.1, 0.15) is 18.9 Å². The van der Waals surface area contributed by atoms with E-state index >= 15 is 0 Å². The molecular formula is C17H23N3O3. The zero-order chi connectivity index (χ0) is 16.8. The zero-order valence-electron chi connectivity index (χ0n) is 13.5. The summed E-state index contributed by atoms with van der Waals surface area (Å²) in [4.78, 5) is 27.7. The van der Waals surface area contributed by atoms with Crippen molar-refractivity contribution in [3.63, 3.8) is 0 Å². The molecule has 0 radical (unpaired) electrons. The number of hydrogen-bond donors (Lipinski definition) is 3. The maximum Gasteiger partial charge on any atom is 0.304 e. The van der Waals surface area contributed by atoms with Crippen molar-refractivity contribution < 1.29 is 14.7 Å². The van der Waals surface area contributed by atoms with Crippen molar-refractivity contribution in [2.75, 3.05) is 20.1 Å². The fourth-order valence-corrected chi connectivity index (χ4v) is 2.47. The summed E-state index contributed by atoms with van der Waals surface area (Å²) in [5.41, 5.74) is 2.27. The van der Waals surface area contributed by atoms with Gasteiger partial charge in [0.25, 0.3) is 0 Å². The third-order valence-corrected chi connectivity index (χ3v) is 4.09. The highest BCUT2D eigenvalue weighted by Crippen LogP contribution is 2.17. The molecule has 0 saturated heterocycles. The molecule has 0 saturated carbocycles. The first-order valence-corrected chi connectivity index (χ1v) is 7.73. The Labute approximate surface area is 135 Å². The molecule has 1 atom stereocenters. The topological polar surface area (TPSA) is 85.4 Å². The molecule has 1 aromatic heterocycles. The van der Waals surface area contributed by atoms with E-state index in [1.165, 1.54) is 10.9 Å². The lowest BCUT2D eigenvalue weighted by Crippen LogP contribution is -2.44. The summed E-state index contributed by atoms with van der Waals surface area (Å²) in [5, 5.41) is 12.8. The molecule has 124 valence electrons. The maximum absolute atomic E-state index is 12.1. The predicted octanol–water partition coefficient (Wildman–Crippen LogP) is 1.62. The normalized spacial score (nSPS) is 12.5. The fourth-order valence-electron chi connectivity index (χ4n) is 2.47. The first kappa shape index (κ1) is 17.0. The number of likely N-dealkylation sites (N-methyl/N-ethyl adjacent to an activating group) is 1. The first-order chi connectivity index (χ1) is 11.0. The molecule has 0 fully saturated rings. The van der Waals surface area contributed by atoms with Crippen molar-refractivity contribution >= 4 is 22.8 Å². The van der Waals surface area contributed by atoms with E-state index in [1.54, 1.807) is 18.9 Å². The minimum atomic E-state index is -0.858. The second-order valence-corrected chi connectivity index (χ2v) is 5.70. The third kappa shape index (κ3) is 4.56. The third-order valence-electron chi connectivity index (χ3n) is 4.09. The first-order valence-electron chi connectivity index (χ1n) is 7.73. The Hall–Kier alpha value is -2.34. The lowest BCUT2D eigenvalue weighted by atomic mass is 10.1. The smallest absolute Gasteiger partial charge is 0.304 e. The highest BCUT2D eigenvalue weighted by atomic mass is 16.4. The molecule has 2 rings (SSSR count). The van der Waals surface area contributed by atoms with Crippen LogP contribution in [0, 0.1) is 0 Å². The quantitative estimate of drug-likeness (QED) is 0.691. The Morgan fingerprint density at radius 3 is 2.83 bits per heavy atom. The van der Waals surface area contributed by atoms with Crippen molar-refractivity contribution in [1.29, 1.82) is 0 Å². The largest absolute Gasteiger partial charge is 0.481 e. The lowest BCUT2D eigenvalue weighted by Gasteiger charge is -2.23. The van der Waals surface area contributed by atoms with E-state index in [9.17, 15) is 9.59 Å². The number of fused-ring (bicyclic) bond motifs is 1. The van der Waals surface area contributed by atoms with Crippen molar-refractivity contribution in [3.8, 4) is 0 Å². The summed E-state index contributed by atoms with van der Waals surface area (Å²) < 4.78 is 0. The van der Waals surface area contributed by atoms with Crippen LogP contribution in [0.5, 0.6) is 0 Å². The lowest BCUT2D eigenvalue weighted by molar-refractivity contribution is -0.138. The number of aliphatic carboxylic acids is 1. The van der Waals surface area contributed by atoms with Gasteiger partial charge in [-0.05, 0) is 32.0 Å². The van der Waals surface area contributed by atoms with Gasteiger partial charge in [-0.1, -0.05) is 18.2 Å². The Bertz CT molecular complexity index is 681. The predicted molar refractivity (Wildman–Crippen MR) is 89.4 cm³/mol. The van der Waals surface area contributed by atoms with Crippen LogP contribution in [0.15, 0.2) is 30.5 Å². The van der Waals surface area contributed by atoms with Gasteiger partial charge in [0, 0.05) is 30.2 Å². The Morgan fingerprint density at radius 2 is 2.09 bits per heavy atom. The number of nitrogens with one attached hydrogen (secondary N) is 2. The molecule has 1 heterocycles. The minimum absolute atomic E-state index is 0.0312. The van der Waals surface area contributed by atoms with Gasteiger partial charge in [-0.2, -0.15) is 0 Å². The Morgan fingerprint density at radius 1 is 1.35 bits per heavy atom. The van der Waals surface area contributed by atoms with Gasteiger partial charge in [0.05, 0.1) is 12.5 Å². The number of carbonyl (C=O) groups is 2. The van der Waals surface area contributed by atoms with Gasteiger partial charge in [-0.25, -0.2) is 0 Å². The second kappa shape index (κ2) is 7.78. The summed E-state index contributed by atoms with van der Waals surface area (Å²) in [6.45, 7) is 2.69. The van der Waals surface area contributed by atoms with E-state index < -0.39 is 5.97 Å². The van der Waals surface area contributed by atoms with Crippen molar-refractivity contribution in [3.05, 3.63) is 36.0 Å². The minimum Gasteiger partial charge on any atom is -0.481 e. The highest BCUT2D eigenvalue weighted by molar-refractivity contribution is 5.83. The van der Waals surface area contributed by atoms with Crippen molar-refractivity contribution in [2.45, 2.75) is 25.8 Å². The number of aromatic nitrogens is 1. The van der Waals surface area contributed by atoms with E-state index in [4.69, 9.17) is 5.11 Å². The number of aromatic amines is 1. The molecule has 0 aliphatic heterocycles. The van der Waals surface area contributed by atoms with E-state index in [-0.39, 0.29) is 18.4 Å². The van der Waals surface area contributed by atoms with Crippen molar-refractivity contribution in [2.24, 2.45) is 0 Å². The van der Waals surface area contributed by atoms with E-state index in [1.807, 2.05) is 24.4 Å². The number of carboxylic acid groups (broad SMARTS) is 1. The number of benzene rings is 1. The van der Waals surface area contributed by atoms with Crippen LogP contribution in [0.25, 0.3) is 10.9 Å². The van der Waals surface area contributed by atoms with Gasteiger partial charge in [0.15, 0.2) is 0 Å². The number of para-hydroxylation sites is 1. The molecule has 6 nitrogen and oxygen atoms in total. The van der Waals surface area contributed by atoms with E-state index in [0.29, 0.717) is 13.1 Å². The van der Waals surface area contributed by atoms with Gasteiger partial charge < -0.3 is 15.4 Å². The number of amides is 1. The van der Waals surface area contributed by atoms with Crippen LogP contribution in [0.4, 0.5) is 0 Å². The van der Waals surface area contributed by atoms with Crippen LogP contribution in [-0.2, 0) is 16.0 Å². The number of carboxylic acids is 1. The standard InChI is InChI=1S/C17H23N3O3/c1-12(20(2)10-8-16(21)22)17(23)18-9-7-13-11-19-15-6-4-3-5-14(13)15/h3-6,11-12,19H,7-10H2,1-2H3,(H,18,23)(H,21,22). The summed E-state index contributed by atoms with van der Waals surface area (Å²) in [6, 6.07) is 7.72. The molecule has 0 aliphatic rings. The molecule has 2 aromatic rings. The van der Waals surface area contributed by atoms with Crippen LogP contribution < -0.4 is 5.32 Å². The molecule has 1 unspecified atom stereocenters. The molecule has 23 heavy (non-hydrogen) atoms. The molecule has 3 N–H and O–H groups in total. The van der Waals surface area contributed by atoms with Gasteiger partial charge in [-0.15, -0.1) is 0 Å². The highest BCUT2D eigenvalue weighted by Gasteiger charge is 2.18. The molecule has 1 aromatic carbocycles. The fraction of sp³-hybridized carbons (Fsp3) is 0.412. The zero-order valence-corrected chi connectivity index (χ0v) is 13.5. The van der Waals surface area contributed by atoms with Gasteiger partial charge in [0.1, 0.15) is 0 Å². The summed E-state index contributed by atoms with van der Waals surface area (Å²) in [6.07, 6.45) is 2.75. The summed E-state index contributed by atoms with van der Waals surface area (Å²) in [7, 11) is 1.76. The molecule has 0 aliphatic carbocycles. The number of hydrogen-bond acceptors (Lipinski definition) is 3. The Balaban J connectivity index is 1.81. The van der Waals surface area contributed by atoms with Crippen LogP contribution in [0.3, 0.4) is 0 Å². The van der Waals surface area contributed by atoms with Gasteiger partial charge in [-0.3, -0.25) is 14.5 Å². The maximum atomic E-state index is 12.1. The summed E-state index contributed by atoms with van der Waals surface area (Å²) >= 11 is 0. The summed E-state index contributed by atoms with van der Waals surface area (Å²) in [5.74, 6) is -0.943. The van der Waals surface area contributed by atoms with Crippen LogP contribution in [-0.4, -0.2) is 53.0 Å². The monoisotopic (exact) mass is 317 g/mol. The number of nitrogens with zero attached hydrogens (tertiary/aromatic N) is 1. The number of H-pyrrole nitrogens is 1. The second-order valence-electron chi connectivity index (χ2n) is 5.70. The molecule has 6 heteroatoms. The Kier molecular flexibility index (Phi) is 5.76. The molecule has 0 spiro atoms. The van der Waals surface area contributed by atoms with E-state index in [2.05, 4.69) is 16.4 Å². The van der Waals surface area contributed by atoms with Gasteiger partial charge >= 0.3 is 5.97 Å². The average Bonchev–Trinajstić information content (AvgIpc) is 2.95. The molecule has 1 amide bonds. The van der Waals surface area contributed by atoms with Crippen LogP contribution >= 0.6 is 0 Å².